The van der Waals surface area contributed by atoms with Gasteiger partial charge in [-0.15, -0.1) is 0 Å². The van der Waals surface area contributed by atoms with Gasteiger partial charge in [-0.05, 0) is 63.0 Å². The van der Waals surface area contributed by atoms with Gasteiger partial charge in [0.05, 0.1) is 33.8 Å². The highest BCUT2D eigenvalue weighted by Crippen LogP contribution is 2.32. The lowest BCUT2D eigenvalue weighted by molar-refractivity contribution is 0.425. The number of H-pyrrole nitrogens is 2. The van der Waals surface area contributed by atoms with Gasteiger partial charge in [0, 0.05) is 47.7 Å². The summed E-state index contributed by atoms with van der Waals surface area (Å²) in [5.41, 5.74) is 7.95. The average Bonchev–Trinajstić information content (AvgIpc) is 3.58. The average molecular weight is 610 g/mol. The second-order valence-corrected chi connectivity index (χ2v) is 11.5. The Hall–Kier alpha value is -4.74. The molecule has 5 aromatic rings. The van der Waals surface area contributed by atoms with Crippen LogP contribution in [0.25, 0.3) is 39.4 Å². The van der Waals surface area contributed by atoms with Crippen molar-refractivity contribution < 1.29 is 4.39 Å². The van der Waals surface area contributed by atoms with Crippen LogP contribution in [0.1, 0.15) is 30.8 Å². The predicted octanol–water partition coefficient (Wildman–Crippen LogP) is 6.84. The number of halogens is 1. The molecule has 0 saturated heterocycles. The number of imidazole rings is 1. The Balaban J connectivity index is 1.49. The number of fused-ring (bicyclic) bond motifs is 1. The van der Waals surface area contributed by atoms with Gasteiger partial charge in [-0.1, -0.05) is 44.8 Å². The van der Waals surface area contributed by atoms with E-state index in [1.165, 1.54) is 12.1 Å². The third kappa shape index (κ3) is 6.90. The number of hydrogen-bond acceptors (Lipinski definition) is 7. The Morgan fingerprint density at radius 2 is 1.93 bits per heavy atom. The van der Waals surface area contributed by atoms with Gasteiger partial charge in [-0.2, -0.15) is 5.10 Å². The van der Waals surface area contributed by atoms with Crippen molar-refractivity contribution in [2.24, 2.45) is 5.92 Å². The number of aryl methyl sites for hydroxylation is 1. The Morgan fingerprint density at radius 3 is 2.68 bits per heavy atom. The summed E-state index contributed by atoms with van der Waals surface area (Å²) in [4.78, 5) is 20.4. The Labute approximate surface area is 261 Å². The first-order valence-corrected chi connectivity index (χ1v) is 14.7. The summed E-state index contributed by atoms with van der Waals surface area (Å²) < 4.78 is 14.8. The lowest BCUT2D eigenvalue weighted by Gasteiger charge is -2.13. The molecular formula is C33H36FN9S. The minimum absolute atomic E-state index is 0.216. The molecule has 4 N–H and O–H groups in total. The second kappa shape index (κ2) is 13.3. The number of nitrogens with zero attached hydrogens (tertiary/aromatic N) is 5. The van der Waals surface area contributed by atoms with E-state index in [9.17, 15) is 4.39 Å². The van der Waals surface area contributed by atoms with Gasteiger partial charge < -0.3 is 20.5 Å². The fraction of sp³-hybridized carbons (Fsp3) is 0.242. The van der Waals surface area contributed by atoms with E-state index in [0.29, 0.717) is 40.5 Å². The van der Waals surface area contributed by atoms with E-state index < -0.39 is 0 Å². The summed E-state index contributed by atoms with van der Waals surface area (Å²) in [5.74, 6) is 0.417. The van der Waals surface area contributed by atoms with Gasteiger partial charge in [-0.3, -0.25) is 10.1 Å². The van der Waals surface area contributed by atoms with Crippen molar-refractivity contribution in [3.8, 4) is 22.8 Å². The van der Waals surface area contributed by atoms with Crippen molar-refractivity contribution in [3.63, 3.8) is 0 Å². The van der Waals surface area contributed by atoms with E-state index >= 15 is 0 Å². The maximum atomic E-state index is 14.8. The summed E-state index contributed by atoms with van der Waals surface area (Å²) in [7, 11) is 4.00. The van der Waals surface area contributed by atoms with Crippen LogP contribution >= 0.6 is 12.2 Å². The summed E-state index contributed by atoms with van der Waals surface area (Å²) in [6, 6.07) is 10.7. The molecule has 0 saturated carbocycles. The quantitative estimate of drug-likeness (QED) is 0.0952. The van der Waals surface area contributed by atoms with Gasteiger partial charge in [-0.25, -0.2) is 14.4 Å². The van der Waals surface area contributed by atoms with Crippen LogP contribution in [0.2, 0.25) is 0 Å². The number of aromatic nitrogens is 6. The van der Waals surface area contributed by atoms with E-state index in [1.54, 1.807) is 18.5 Å². The number of allylic oxidation sites excluding steroid dienone is 2. The number of thiocarbonyl (C=S) groups is 1. The molecule has 9 nitrogen and oxygen atoms in total. The van der Waals surface area contributed by atoms with Crippen molar-refractivity contribution in [2.75, 3.05) is 37.8 Å². The second-order valence-electron chi connectivity index (χ2n) is 11.1. The third-order valence-corrected chi connectivity index (χ3v) is 7.55. The Morgan fingerprint density at radius 1 is 1.11 bits per heavy atom. The molecule has 0 amide bonds. The van der Waals surface area contributed by atoms with Crippen molar-refractivity contribution in [2.45, 2.75) is 20.8 Å². The number of pyridine rings is 2. The number of likely N-dealkylation sites (N-methyl/N-ethyl adjacent to an activating group) is 1. The van der Waals surface area contributed by atoms with Crippen LogP contribution in [0.4, 0.5) is 15.8 Å². The number of hydrogen-bond donors (Lipinski definition) is 4. The topological polar surface area (TPSA) is 110 Å². The summed E-state index contributed by atoms with van der Waals surface area (Å²) in [6.45, 7) is 11.4. The van der Waals surface area contributed by atoms with Crippen molar-refractivity contribution >= 4 is 45.2 Å². The molecular weight excluding hydrogens is 573 g/mol. The van der Waals surface area contributed by atoms with Gasteiger partial charge >= 0.3 is 0 Å². The lowest BCUT2D eigenvalue weighted by atomic mass is 10.00. The summed E-state index contributed by atoms with van der Waals surface area (Å²) in [5, 5.41) is 14.2. The SMILES string of the molecule is C=C/C=C(/c1cc(F)cc(NCCN(C)C)c1)c1nc(-c2n[nH]c3ccc(-c4cncc(NC(=S)C(C)C)c4)nc23)[nH]c1C. The molecule has 0 aliphatic carbocycles. The molecule has 5 rings (SSSR count). The summed E-state index contributed by atoms with van der Waals surface area (Å²) in [6.07, 6.45) is 7.02. The highest BCUT2D eigenvalue weighted by molar-refractivity contribution is 7.80. The molecule has 0 spiro atoms. The largest absolute Gasteiger partial charge is 0.384 e. The molecule has 4 aromatic heterocycles. The highest BCUT2D eigenvalue weighted by Gasteiger charge is 2.20. The fourth-order valence-corrected chi connectivity index (χ4v) is 4.81. The van der Waals surface area contributed by atoms with Crippen LogP contribution in [-0.4, -0.2) is 67.2 Å². The van der Waals surface area contributed by atoms with Crippen molar-refractivity contribution in [1.29, 1.82) is 0 Å². The number of nitrogens with one attached hydrogen (secondary N) is 4. The number of rotatable bonds is 11. The van der Waals surface area contributed by atoms with Gasteiger partial charge in [0.2, 0.25) is 0 Å². The standard InChI is InChI=1S/C33H36FN9S/c1-7-8-26(21-13-23(34)16-24(14-21)36-11-12-43(5)6)29-20(4)37-32(40-29)31-30-28(41-42-31)10-9-27(39-30)22-15-25(18-35-17-22)38-33(44)19(2)3/h7-10,13-19,36H,1,11-12H2,2-6H3,(H,37,40)(H,38,44)(H,41,42)/b26-8-. The maximum absolute atomic E-state index is 14.8. The molecule has 0 aliphatic heterocycles. The van der Waals surface area contributed by atoms with E-state index in [-0.39, 0.29) is 11.7 Å². The molecule has 44 heavy (non-hydrogen) atoms. The molecule has 226 valence electrons. The number of aromatic amines is 2. The molecule has 4 heterocycles. The minimum atomic E-state index is -0.340. The normalized spacial score (nSPS) is 11.9. The van der Waals surface area contributed by atoms with Crippen LogP contribution in [0.3, 0.4) is 0 Å². The molecule has 0 fully saturated rings. The zero-order chi connectivity index (χ0) is 31.4. The Bertz CT molecular complexity index is 1850. The highest BCUT2D eigenvalue weighted by atomic mass is 32.1. The van der Waals surface area contributed by atoms with E-state index in [2.05, 4.69) is 42.3 Å². The first kappa shape index (κ1) is 30.7. The summed E-state index contributed by atoms with van der Waals surface area (Å²) >= 11 is 5.45. The van der Waals surface area contributed by atoms with Crippen molar-refractivity contribution in [3.05, 3.63) is 90.3 Å². The molecule has 0 unspecified atom stereocenters. The number of anilines is 2. The minimum Gasteiger partial charge on any atom is -0.384 e. The first-order valence-electron chi connectivity index (χ1n) is 14.3. The number of benzene rings is 1. The zero-order valence-corrected chi connectivity index (χ0v) is 26.3. The van der Waals surface area contributed by atoms with Crippen LogP contribution in [0.15, 0.2) is 67.5 Å². The molecule has 0 aliphatic rings. The van der Waals surface area contributed by atoms with Crippen LogP contribution in [0.5, 0.6) is 0 Å². The van der Waals surface area contributed by atoms with Crippen molar-refractivity contribution in [1.82, 2.24) is 35.0 Å². The molecule has 0 atom stereocenters. The monoisotopic (exact) mass is 609 g/mol. The molecule has 1 aromatic carbocycles. The third-order valence-electron chi connectivity index (χ3n) is 6.98. The zero-order valence-electron chi connectivity index (χ0n) is 25.5. The van der Waals surface area contributed by atoms with E-state index in [0.717, 1.165) is 45.3 Å². The van der Waals surface area contributed by atoms with Gasteiger partial charge in [0.25, 0.3) is 0 Å². The van der Waals surface area contributed by atoms with Crippen LogP contribution in [0, 0.1) is 18.7 Å². The van der Waals surface area contributed by atoms with Gasteiger partial charge in [0.1, 0.15) is 11.3 Å². The predicted molar refractivity (Wildman–Crippen MR) is 181 cm³/mol. The smallest absolute Gasteiger partial charge is 0.161 e. The van der Waals surface area contributed by atoms with Gasteiger partial charge in [0.15, 0.2) is 11.5 Å². The maximum Gasteiger partial charge on any atom is 0.161 e. The van der Waals surface area contributed by atoms with E-state index in [1.807, 2.05) is 65.2 Å². The molecule has 11 heteroatoms. The molecule has 0 radical (unpaired) electrons. The first-order chi connectivity index (χ1) is 21.1. The molecule has 0 bridgehead atoms. The van der Waals surface area contributed by atoms with Crippen LogP contribution < -0.4 is 10.6 Å². The van der Waals surface area contributed by atoms with E-state index in [4.69, 9.17) is 22.2 Å². The Kier molecular flexibility index (Phi) is 9.26. The fourth-order valence-electron chi connectivity index (χ4n) is 4.70. The van der Waals surface area contributed by atoms with Crippen LogP contribution in [-0.2, 0) is 0 Å². The lowest BCUT2D eigenvalue weighted by Crippen LogP contribution is -2.20.